The molecular weight excluding hydrogens is 186 g/mol. The van der Waals surface area contributed by atoms with Crippen LogP contribution in [0, 0.1) is 0 Å². The zero-order chi connectivity index (χ0) is 7.98. The van der Waals surface area contributed by atoms with Crippen molar-refractivity contribution in [2.75, 3.05) is 13.1 Å². The molecule has 0 N–H and O–H groups in total. The van der Waals surface area contributed by atoms with Gasteiger partial charge >= 0.3 is 0 Å². The van der Waals surface area contributed by atoms with Gasteiger partial charge in [0.2, 0.25) is 0 Å². The Hall–Kier alpha value is 0.420. The minimum Gasteiger partial charge on any atom is -0.261 e. The number of rotatable bonds is 2. The zero-order valence-electron chi connectivity index (χ0n) is 6.03. The van der Waals surface area contributed by atoms with E-state index in [0.29, 0.717) is 10.2 Å². The first-order valence-corrected chi connectivity index (χ1v) is 5.55. The first-order valence-electron chi connectivity index (χ1n) is 3.03. The van der Waals surface area contributed by atoms with E-state index in [1.54, 1.807) is 0 Å². The molecule has 0 spiro atoms. The van der Waals surface area contributed by atoms with Crippen LogP contribution >= 0.6 is 12.6 Å². The minimum atomic E-state index is 0.480. The summed E-state index contributed by atoms with van der Waals surface area (Å²) in [4.78, 5) is 2.03. The van der Waals surface area contributed by atoms with Crippen molar-refractivity contribution in [3.63, 3.8) is 0 Å². The van der Waals surface area contributed by atoms with Crippen molar-refractivity contribution < 1.29 is 4.21 Å². The third-order valence-corrected chi connectivity index (χ3v) is 3.22. The Bertz CT molecular complexity index is 177. The quantitative estimate of drug-likeness (QED) is 0.515. The molecule has 0 aromatic carbocycles. The summed E-state index contributed by atoms with van der Waals surface area (Å²) in [6.45, 7) is 5.89. The van der Waals surface area contributed by atoms with Gasteiger partial charge in [0, 0.05) is 13.1 Å². The lowest BCUT2D eigenvalue weighted by atomic mass is 10.6. The van der Waals surface area contributed by atoms with Gasteiger partial charge in [-0.1, -0.05) is 13.8 Å². The van der Waals surface area contributed by atoms with Crippen molar-refractivity contribution in [2.45, 2.75) is 13.8 Å². The summed E-state index contributed by atoms with van der Waals surface area (Å²) in [5.74, 6) is 0. The van der Waals surface area contributed by atoms with E-state index in [4.69, 9.17) is 0 Å². The topological polar surface area (TPSA) is 20.3 Å². The van der Waals surface area contributed by atoms with E-state index in [1.165, 1.54) is 0 Å². The molecule has 0 saturated carbocycles. The highest BCUT2D eigenvalue weighted by Crippen LogP contribution is 1.91. The molecule has 0 atom stereocenters. The number of thiol groups is 1. The van der Waals surface area contributed by atoms with Gasteiger partial charge in [0.15, 0.2) is 10.2 Å². The van der Waals surface area contributed by atoms with Crippen LogP contribution in [0.1, 0.15) is 13.8 Å². The van der Waals surface area contributed by atoms with Gasteiger partial charge in [-0.15, -0.1) is 12.6 Å². The Balaban J connectivity index is 4.29. The molecule has 0 aliphatic heterocycles. The van der Waals surface area contributed by atoms with E-state index in [9.17, 15) is 4.21 Å². The molecule has 0 aromatic heterocycles. The van der Waals surface area contributed by atoms with Gasteiger partial charge in [-0.25, -0.2) is 4.21 Å². The van der Waals surface area contributed by atoms with Gasteiger partial charge < -0.3 is 0 Å². The van der Waals surface area contributed by atoms with Gasteiger partial charge in [0.1, 0.15) is 4.32 Å². The number of nitrogens with zero attached hydrogens (tertiary/aromatic N) is 1. The van der Waals surface area contributed by atoms with E-state index in [0.717, 1.165) is 27.3 Å². The Morgan fingerprint density at radius 1 is 1.50 bits per heavy atom. The molecule has 10 heavy (non-hydrogen) atoms. The van der Waals surface area contributed by atoms with Crippen LogP contribution in [-0.2, 0) is 20.1 Å². The summed E-state index contributed by atoms with van der Waals surface area (Å²) in [5.41, 5.74) is 0. The summed E-state index contributed by atoms with van der Waals surface area (Å²) in [7, 11) is 1.64. The normalized spacial score (nSPS) is 9.60. The maximum Gasteiger partial charge on any atom is 0.158 e. The fourth-order valence-electron chi connectivity index (χ4n) is 0.577. The Morgan fingerprint density at radius 2 is 2.00 bits per heavy atom. The predicted octanol–water partition coefficient (Wildman–Crippen LogP) is 0.556. The monoisotopic (exact) mass is 197 g/mol. The Labute approximate surface area is 73.3 Å². The maximum absolute atomic E-state index is 10.1. The lowest BCUT2D eigenvalue weighted by Crippen LogP contribution is -2.26. The van der Waals surface area contributed by atoms with Gasteiger partial charge in [-0.3, -0.25) is 4.90 Å². The van der Waals surface area contributed by atoms with Crippen molar-refractivity contribution in [2.24, 2.45) is 0 Å². The van der Waals surface area contributed by atoms with E-state index in [-0.39, 0.29) is 0 Å². The Morgan fingerprint density at radius 3 is 2.30 bits per heavy atom. The summed E-state index contributed by atoms with van der Waals surface area (Å²) >= 11 is 4.15. The second kappa shape index (κ2) is 6.15. The fraction of sp³-hybridized carbons (Fsp3) is 0.800. The van der Waals surface area contributed by atoms with Crippen molar-refractivity contribution in [3.8, 4) is 0 Å². The number of hydrogen-bond acceptors (Lipinski definition) is 1. The maximum atomic E-state index is 10.1. The molecule has 0 radical (unpaired) electrons. The van der Waals surface area contributed by atoms with Crippen molar-refractivity contribution in [1.29, 1.82) is 0 Å². The van der Waals surface area contributed by atoms with Gasteiger partial charge in [0.25, 0.3) is 0 Å². The smallest absolute Gasteiger partial charge is 0.158 e. The van der Waals surface area contributed by atoms with Crippen LogP contribution in [0.5, 0.6) is 0 Å². The first kappa shape index (κ1) is 10.4. The molecule has 0 aromatic rings. The van der Waals surface area contributed by atoms with Gasteiger partial charge in [-0.2, -0.15) is 0 Å². The van der Waals surface area contributed by atoms with Crippen LogP contribution in [0.2, 0.25) is 0 Å². The highest BCUT2D eigenvalue weighted by atomic mass is 32.8. The summed E-state index contributed by atoms with van der Waals surface area (Å²) in [6, 6.07) is 0. The highest BCUT2D eigenvalue weighted by Gasteiger charge is 1.99. The first-order chi connectivity index (χ1) is 4.76. The van der Waals surface area contributed by atoms with E-state index < -0.39 is 0 Å². The SMILES string of the molecule is CCN(CC)C(S)=S=S=O. The van der Waals surface area contributed by atoms with E-state index >= 15 is 0 Å². The average molecular weight is 197 g/mol. The molecular formula is C5H11NOS3. The largest absolute Gasteiger partial charge is 0.261 e. The summed E-state index contributed by atoms with van der Waals surface area (Å²) in [6.07, 6.45) is 0. The third-order valence-electron chi connectivity index (χ3n) is 1.14. The second-order valence-electron chi connectivity index (χ2n) is 1.61. The fourth-order valence-corrected chi connectivity index (χ4v) is 2.06. The molecule has 0 fully saturated rings. The molecule has 2 nitrogen and oxygen atoms in total. The third kappa shape index (κ3) is 3.55. The van der Waals surface area contributed by atoms with Crippen LogP contribution in [0.15, 0.2) is 0 Å². The standard InChI is InChI=1S/C5H11NOS3/c1-3-6(4-2)5(8)9-10-7/h8H,3-4H2,1-2H3. The van der Waals surface area contributed by atoms with Crippen LogP contribution in [-0.4, -0.2) is 26.5 Å². The van der Waals surface area contributed by atoms with Crippen molar-refractivity contribution >= 4 is 37.1 Å². The van der Waals surface area contributed by atoms with E-state index in [2.05, 4.69) is 12.6 Å². The molecule has 0 aliphatic rings. The van der Waals surface area contributed by atoms with Gasteiger partial charge in [-0.05, 0) is 9.91 Å². The number of hydrogen-bond donors (Lipinski definition) is 1. The molecule has 0 unspecified atom stereocenters. The predicted molar refractivity (Wildman–Crippen MR) is 52.4 cm³/mol. The summed E-state index contributed by atoms with van der Waals surface area (Å²) < 4.78 is 10.9. The van der Waals surface area contributed by atoms with Crippen LogP contribution in [0.4, 0.5) is 0 Å². The highest BCUT2D eigenvalue weighted by molar-refractivity contribution is 8.27. The average Bonchev–Trinajstić information content (AvgIpc) is 1.91. The van der Waals surface area contributed by atoms with E-state index in [1.807, 2.05) is 18.7 Å². The van der Waals surface area contributed by atoms with Crippen molar-refractivity contribution in [1.82, 2.24) is 4.90 Å². The molecule has 0 amide bonds. The van der Waals surface area contributed by atoms with Crippen LogP contribution < -0.4 is 0 Å². The lowest BCUT2D eigenvalue weighted by Gasteiger charge is -2.14. The Kier molecular flexibility index (Phi) is 6.41. The molecule has 0 aliphatic carbocycles. The molecule has 5 heteroatoms. The molecule has 0 rings (SSSR count). The zero-order valence-corrected chi connectivity index (χ0v) is 8.56. The second-order valence-corrected chi connectivity index (χ2v) is 3.93. The van der Waals surface area contributed by atoms with Crippen LogP contribution in [0.25, 0.3) is 0 Å². The molecule has 0 heterocycles. The van der Waals surface area contributed by atoms with Crippen molar-refractivity contribution in [3.05, 3.63) is 0 Å². The lowest BCUT2D eigenvalue weighted by molar-refractivity contribution is 0.482. The summed E-state index contributed by atoms with van der Waals surface area (Å²) in [5, 5.41) is 0. The minimum absolute atomic E-state index is 0.480. The van der Waals surface area contributed by atoms with Gasteiger partial charge in [0.05, 0.1) is 0 Å². The van der Waals surface area contributed by atoms with Crippen LogP contribution in [0.3, 0.4) is 0 Å². The molecule has 60 valence electrons. The molecule has 0 saturated heterocycles. The molecule has 0 bridgehead atoms.